The smallest absolute Gasteiger partial charge is 0.269 e. The van der Waals surface area contributed by atoms with Crippen molar-refractivity contribution in [1.29, 1.82) is 0 Å². The summed E-state index contributed by atoms with van der Waals surface area (Å²) in [4.78, 5) is 20.2. The second-order valence-corrected chi connectivity index (χ2v) is 7.02. The van der Waals surface area contributed by atoms with Crippen molar-refractivity contribution in [1.82, 2.24) is 9.97 Å². The minimum atomic E-state index is -3.87. The van der Waals surface area contributed by atoms with Crippen molar-refractivity contribution in [2.75, 3.05) is 16.7 Å². The number of sulfonamides is 1. The van der Waals surface area contributed by atoms with E-state index in [2.05, 4.69) is 15.3 Å². The molecule has 7 nitrogen and oxygen atoms in total. The molecule has 0 bridgehead atoms. The maximum Gasteiger partial charge on any atom is 0.269 e. The topological polar surface area (TPSA) is 92.3 Å². The van der Waals surface area contributed by atoms with Crippen molar-refractivity contribution >= 4 is 38.8 Å². The van der Waals surface area contributed by atoms with Gasteiger partial charge < -0.3 is 5.32 Å². The van der Waals surface area contributed by atoms with E-state index in [4.69, 9.17) is 0 Å². The third-order valence-corrected chi connectivity index (χ3v) is 5.63. The Balaban J connectivity index is 2.04. The van der Waals surface area contributed by atoms with Crippen molar-refractivity contribution in [3.05, 3.63) is 45.9 Å². The molecule has 1 aliphatic rings. The molecule has 0 radical (unpaired) electrons. The first-order valence-electron chi connectivity index (χ1n) is 5.86. The van der Waals surface area contributed by atoms with Crippen molar-refractivity contribution in [3.63, 3.8) is 0 Å². The van der Waals surface area contributed by atoms with Gasteiger partial charge in [0, 0.05) is 25.6 Å². The molecule has 0 unspecified atom stereocenters. The molecule has 21 heavy (non-hydrogen) atoms. The molecule has 3 rings (SSSR count). The molecule has 1 aliphatic heterocycles. The third kappa shape index (κ3) is 2.20. The summed E-state index contributed by atoms with van der Waals surface area (Å²) < 4.78 is 25.8. The zero-order valence-corrected chi connectivity index (χ0v) is 12.5. The molecular weight excluding hydrogens is 312 g/mol. The van der Waals surface area contributed by atoms with Gasteiger partial charge in [-0.25, -0.2) is 18.4 Å². The minimum Gasteiger partial charge on any atom is -0.329 e. The molecule has 0 aromatic carbocycles. The van der Waals surface area contributed by atoms with Gasteiger partial charge in [0.05, 0.1) is 5.69 Å². The number of hydrogen-bond donors (Lipinski definition) is 1. The van der Waals surface area contributed by atoms with Crippen LogP contribution in [0.4, 0.5) is 11.6 Å². The maximum absolute atomic E-state index is 12.4. The summed E-state index contributed by atoms with van der Waals surface area (Å²) in [7, 11) is -2.45. The van der Waals surface area contributed by atoms with Crippen LogP contribution in [0.15, 0.2) is 41.0 Å². The van der Waals surface area contributed by atoms with E-state index in [1.807, 2.05) is 0 Å². The van der Waals surface area contributed by atoms with Crippen LogP contribution in [0.1, 0.15) is 9.67 Å². The van der Waals surface area contributed by atoms with Crippen molar-refractivity contribution < 1.29 is 13.2 Å². The van der Waals surface area contributed by atoms with E-state index in [1.54, 1.807) is 17.5 Å². The number of allylic oxidation sites excluding steroid dienone is 1. The fourth-order valence-corrected chi connectivity index (χ4v) is 4.12. The Morgan fingerprint density at radius 2 is 2.05 bits per heavy atom. The third-order valence-electron chi connectivity index (χ3n) is 2.95. The highest BCUT2D eigenvalue weighted by Crippen LogP contribution is 2.37. The van der Waals surface area contributed by atoms with Crippen LogP contribution >= 0.6 is 11.3 Å². The number of nitrogens with one attached hydrogen (secondary N) is 1. The predicted octanol–water partition coefficient (Wildman–Crippen LogP) is 1.45. The molecule has 0 amide bonds. The summed E-state index contributed by atoms with van der Waals surface area (Å²) in [6.45, 7) is 0. The Morgan fingerprint density at radius 1 is 1.33 bits per heavy atom. The Morgan fingerprint density at radius 3 is 2.76 bits per heavy atom. The molecule has 0 aliphatic carbocycles. The van der Waals surface area contributed by atoms with E-state index < -0.39 is 15.8 Å². The fourth-order valence-electron chi connectivity index (χ4n) is 1.87. The van der Waals surface area contributed by atoms with Crippen LogP contribution in [0, 0.1) is 0 Å². The Kier molecular flexibility index (Phi) is 3.22. The monoisotopic (exact) mass is 322 g/mol. The molecule has 3 heterocycles. The standard InChI is InChI=1S/C12H10N4O3S2/c1-16-8-3-6-20-11(8)10(17)9(21(16,18)19)7-15-12-13-4-2-5-14-12/h2-7H,1H3,(H,13,14,15). The fraction of sp³-hybridized carbons (Fsp3) is 0.0833. The van der Waals surface area contributed by atoms with Crippen molar-refractivity contribution in [2.24, 2.45) is 0 Å². The maximum atomic E-state index is 12.4. The summed E-state index contributed by atoms with van der Waals surface area (Å²) in [5, 5.41) is 4.32. The van der Waals surface area contributed by atoms with Gasteiger partial charge in [0.2, 0.25) is 11.7 Å². The largest absolute Gasteiger partial charge is 0.329 e. The van der Waals surface area contributed by atoms with Crippen LogP contribution < -0.4 is 9.62 Å². The number of Topliss-reactive ketones (excluding diaryl/α,β-unsaturated/α-hetero) is 1. The number of carbonyl (C=O) groups is 1. The number of aromatic nitrogens is 2. The molecule has 0 atom stereocenters. The predicted molar refractivity (Wildman–Crippen MR) is 79.7 cm³/mol. The summed E-state index contributed by atoms with van der Waals surface area (Å²) in [5.74, 6) is -0.311. The lowest BCUT2D eigenvalue weighted by Gasteiger charge is -2.25. The lowest BCUT2D eigenvalue weighted by Crippen LogP contribution is -2.35. The second kappa shape index (κ2) is 4.93. The highest BCUT2D eigenvalue weighted by molar-refractivity contribution is 7.97. The average molecular weight is 322 g/mol. The number of hydrogen-bond acceptors (Lipinski definition) is 7. The van der Waals surface area contributed by atoms with Crippen molar-refractivity contribution in [3.8, 4) is 0 Å². The van der Waals surface area contributed by atoms with E-state index in [-0.39, 0.29) is 10.9 Å². The van der Waals surface area contributed by atoms with Gasteiger partial charge in [-0.3, -0.25) is 9.10 Å². The first kappa shape index (κ1) is 13.7. The van der Waals surface area contributed by atoms with Crippen molar-refractivity contribution in [2.45, 2.75) is 0 Å². The van der Waals surface area contributed by atoms with Gasteiger partial charge in [0.25, 0.3) is 10.0 Å². The van der Waals surface area contributed by atoms with E-state index in [0.717, 1.165) is 10.5 Å². The Bertz CT molecular complexity index is 827. The number of thiophene rings is 1. The molecule has 0 spiro atoms. The average Bonchev–Trinajstić information content (AvgIpc) is 2.95. The molecular formula is C12H10N4O3S2. The number of ketones is 1. The Hall–Kier alpha value is -2.26. The van der Waals surface area contributed by atoms with E-state index in [9.17, 15) is 13.2 Å². The summed E-state index contributed by atoms with van der Waals surface area (Å²) in [5.41, 5.74) is 0.401. The van der Waals surface area contributed by atoms with Gasteiger partial charge in [-0.1, -0.05) is 0 Å². The van der Waals surface area contributed by atoms with Gasteiger partial charge in [0.1, 0.15) is 4.88 Å². The van der Waals surface area contributed by atoms with Gasteiger partial charge in [0.15, 0.2) is 4.91 Å². The van der Waals surface area contributed by atoms with Crippen LogP contribution in [0.2, 0.25) is 0 Å². The summed E-state index contributed by atoms with van der Waals surface area (Å²) in [6.07, 6.45) is 4.15. The Labute approximate surface area is 125 Å². The normalized spacial score (nSPS) is 18.6. The quantitative estimate of drug-likeness (QED) is 0.841. The summed E-state index contributed by atoms with van der Waals surface area (Å²) in [6, 6.07) is 3.24. The van der Waals surface area contributed by atoms with Gasteiger partial charge in [-0.05, 0) is 17.5 Å². The molecule has 0 fully saturated rings. The minimum absolute atomic E-state index is 0.215. The van der Waals surface area contributed by atoms with Crippen LogP contribution in [0.25, 0.3) is 0 Å². The molecule has 108 valence electrons. The lowest BCUT2D eigenvalue weighted by molar-refractivity contribution is 0.104. The van der Waals surface area contributed by atoms with Crippen LogP contribution in [0.5, 0.6) is 0 Å². The number of carbonyl (C=O) groups excluding carboxylic acids is 1. The van der Waals surface area contributed by atoms with E-state index in [0.29, 0.717) is 10.6 Å². The molecule has 2 aromatic rings. The lowest BCUT2D eigenvalue weighted by atomic mass is 10.2. The number of fused-ring (bicyclic) bond motifs is 1. The summed E-state index contributed by atoms with van der Waals surface area (Å²) >= 11 is 1.21. The van der Waals surface area contributed by atoms with E-state index >= 15 is 0 Å². The molecule has 0 saturated heterocycles. The first-order valence-corrected chi connectivity index (χ1v) is 8.18. The zero-order valence-electron chi connectivity index (χ0n) is 10.8. The first-order chi connectivity index (χ1) is 10.0. The molecule has 9 heteroatoms. The highest BCUT2D eigenvalue weighted by Gasteiger charge is 2.39. The van der Waals surface area contributed by atoms with Gasteiger partial charge in [-0.2, -0.15) is 0 Å². The van der Waals surface area contributed by atoms with Crippen LogP contribution in [-0.2, 0) is 10.0 Å². The number of nitrogens with zero attached hydrogens (tertiary/aromatic N) is 3. The van der Waals surface area contributed by atoms with Gasteiger partial charge in [-0.15, -0.1) is 11.3 Å². The molecule has 0 saturated carbocycles. The van der Waals surface area contributed by atoms with Crippen LogP contribution in [0.3, 0.4) is 0 Å². The number of anilines is 2. The number of rotatable bonds is 2. The SMILES string of the molecule is CN1c2ccsc2C(=O)C(=CNc2ncccn2)S1(=O)=O. The van der Waals surface area contributed by atoms with Crippen LogP contribution in [-0.4, -0.2) is 31.2 Å². The molecule has 2 aromatic heterocycles. The second-order valence-electron chi connectivity index (χ2n) is 4.16. The van der Waals surface area contributed by atoms with Gasteiger partial charge >= 0.3 is 0 Å². The zero-order chi connectivity index (χ0) is 15.0. The molecule has 1 N–H and O–H groups in total. The highest BCUT2D eigenvalue weighted by atomic mass is 32.2. The van der Waals surface area contributed by atoms with E-state index in [1.165, 1.54) is 30.8 Å².